The van der Waals surface area contributed by atoms with Crippen molar-refractivity contribution in [3.8, 4) is 0 Å². The van der Waals surface area contributed by atoms with Crippen LogP contribution in [0.15, 0.2) is 65.5 Å². The fourth-order valence-corrected chi connectivity index (χ4v) is 4.65. The summed E-state index contributed by atoms with van der Waals surface area (Å²) >= 11 is 0. The van der Waals surface area contributed by atoms with Gasteiger partial charge in [-0.2, -0.15) is 4.98 Å². The number of rotatable bonds is 7. The molecule has 4 aromatic rings. The van der Waals surface area contributed by atoms with Crippen LogP contribution in [0.5, 0.6) is 0 Å². The molecule has 1 saturated carbocycles. The standard InChI is InChI=1S/C26H29N5O2/c1-2-30-25(33)23-24(29-26(30)27-20-14-9-15-21(20)32)31(17-19-12-7-4-8-13-19)22(28-23)16-18-10-5-3-6-11-18/h3-8,10-13,20-21,32H,2,9,14-17H2,1H3,(H,27,29)/t20-,21-/m1/s1. The number of fused-ring (bicyclic) bond motifs is 1. The van der Waals surface area contributed by atoms with Gasteiger partial charge in [0.2, 0.25) is 5.95 Å². The Morgan fingerprint density at radius 1 is 0.970 bits per heavy atom. The molecule has 0 saturated heterocycles. The minimum absolute atomic E-state index is 0.0959. The predicted octanol–water partition coefficient (Wildman–Crippen LogP) is 3.58. The topological polar surface area (TPSA) is 85.0 Å². The van der Waals surface area contributed by atoms with Gasteiger partial charge in [-0.05, 0) is 37.3 Å². The zero-order valence-corrected chi connectivity index (χ0v) is 18.8. The first kappa shape index (κ1) is 21.4. The summed E-state index contributed by atoms with van der Waals surface area (Å²) < 4.78 is 3.68. The van der Waals surface area contributed by atoms with E-state index in [1.54, 1.807) is 4.57 Å². The van der Waals surface area contributed by atoms with Gasteiger partial charge in [-0.1, -0.05) is 60.7 Å². The van der Waals surface area contributed by atoms with E-state index >= 15 is 0 Å². The third kappa shape index (κ3) is 4.28. The average Bonchev–Trinajstić information content (AvgIpc) is 3.39. The quantitative estimate of drug-likeness (QED) is 0.456. The second-order valence-electron chi connectivity index (χ2n) is 8.67. The number of benzene rings is 2. The summed E-state index contributed by atoms with van der Waals surface area (Å²) in [5, 5.41) is 13.7. The van der Waals surface area contributed by atoms with Crippen molar-refractivity contribution in [2.45, 2.75) is 57.8 Å². The number of hydrogen-bond donors (Lipinski definition) is 2. The summed E-state index contributed by atoms with van der Waals surface area (Å²) in [7, 11) is 0. The molecule has 1 fully saturated rings. The lowest BCUT2D eigenvalue weighted by Gasteiger charge is -2.20. The summed E-state index contributed by atoms with van der Waals surface area (Å²) in [6.45, 7) is 2.98. The van der Waals surface area contributed by atoms with Crippen LogP contribution >= 0.6 is 0 Å². The molecule has 2 heterocycles. The summed E-state index contributed by atoms with van der Waals surface area (Å²) in [5.41, 5.74) is 3.06. The second-order valence-corrected chi connectivity index (χ2v) is 8.67. The maximum absolute atomic E-state index is 13.5. The van der Waals surface area contributed by atoms with Gasteiger partial charge in [0, 0.05) is 13.0 Å². The van der Waals surface area contributed by atoms with E-state index in [1.165, 1.54) is 0 Å². The van der Waals surface area contributed by atoms with Crippen LogP contribution in [0.2, 0.25) is 0 Å². The number of aliphatic hydroxyl groups excluding tert-OH is 1. The van der Waals surface area contributed by atoms with E-state index in [0.29, 0.717) is 36.6 Å². The lowest BCUT2D eigenvalue weighted by molar-refractivity contribution is 0.171. The van der Waals surface area contributed by atoms with Crippen LogP contribution < -0.4 is 10.9 Å². The molecule has 0 unspecified atom stereocenters. The van der Waals surface area contributed by atoms with Crippen molar-refractivity contribution >= 4 is 17.1 Å². The van der Waals surface area contributed by atoms with E-state index in [4.69, 9.17) is 9.97 Å². The van der Waals surface area contributed by atoms with E-state index in [0.717, 1.165) is 36.2 Å². The molecular weight excluding hydrogens is 414 g/mol. The third-order valence-electron chi connectivity index (χ3n) is 6.43. The van der Waals surface area contributed by atoms with Crippen LogP contribution in [0.25, 0.3) is 11.2 Å². The normalized spacial score (nSPS) is 18.1. The molecule has 5 rings (SSSR count). The SMILES string of the molecule is CCn1c(N[C@@H]2CCC[C@H]2O)nc2c(nc(Cc3ccccc3)n2Cc2ccccc2)c1=O. The molecule has 170 valence electrons. The van der Waals surface area contributed by atoms with Crippen molar-refractivity contribution in [3.63, 3.8) is 0 Å². The maximum Gasteiger partial charge on any atom is 0.283 e. The van der Waals surface area contributed by atoms with Crippen molar-refractivity contribution in [1.29, 1.82) is 0 Å². The number of imidazole rings is 1. The predicted molar refractivity (Wildman–Crippen MR) is 130 cm³/mol. The highest BCUT2D eigenvalue weighted by molar-refractivity contribution is 5.72. The summed E-state index contributed by atoms with van der Waals surface area (Å²) in [6, 6.07) is 20.2. The molecule has 0 aliphatic heterocycles. The summed E-state index contributed by atoms with van der Waals surface area (Å²) in [5.74, 6) is 1.31. The zero-order chi connectivity index (χ0) is 22.8. The molecule has 7 heteroatoms. The zero-order valence-electron chi connectivity index (χ0n) is 18.8. The van der Waals surface area contributed by atoms with Crippen LogP contribution in [0.3, 0.4) is 0 Å². The van der Waals surface area contributed by atoms with Crippen molar-refractivity contribution in [2.24, 2.45) is 0 Å². The van der Waals surface area contributed by atoms with Crippen LogP contribution in [-0.2, 0) is 19.5 Å². The number of anilines is 1. The Labute approximate surface area is 192 Å². The fourth-order valence-electron chi connectivity index (χ4n) is 4.65. The molecule has 33 heavy (non-hydrogen) atoms. The van der Waals surface area contributed by atoms with Gasteiger partial charge in [-0.3, -0.25) is 9.36 Å². The van der Waals surface area contributed by atoms with Gasteiger partial charge in [0.25, 0.3) is 5.56 Å². The third-order valence-corrected chi connectivity index (χ3v) is 6.43. The van der Waals surface area contributed by atoms with Crippen LogP contribution in [0, 0.1) is 0 Å². The van der Waals surface area contributed by atoms with E-state index in [-0.39, 0.29) is 11.6 Å². The highest BCUT2D eigenvalue weighted by Crippen LogP contribution is 2.24. The Morgan fingerprint density at radius 2 is 1.67 bits per heavy atom. The Morgan fingerprint density at radius 3 is 2.30 bits per heavy atom. The average molecular weight is 444 g/mol. The monoisotopic (exact) mass is 443 g/mol. The highest BCUT2D eigenvalue weighted by atomic mass is 16.3. The van der Waals surface area contributed by atoms with E-state index in [1.807, 2.05) is 43.3 Å². The number of aliphatic hydroxyl groups is 1. The van der Waals surface area contributed by atoms with Gasteiger partial charge < -0.3 is 15.0 Å². The van der Waals surface area contributed by atoms with E-state index < -0.39 is 6.10 Å². The number of nitrogens with zero attached hydrogens (tertiary/aromatic N) is 4. The Kier molecular flexibility index (Phi) is 5.96. The van der Waals surface area contributed by atoms with Crippen molar-refractivity contribution < 1.29 is 5.11 Å². The van der Waals surface area contributed by atoms with Crippen LogP contribution in [0.4, 0.5) is 5.95 Å². The Balaban J connectivity index is 1.65. The van der Waals surface area contributed by atoms with Gasteiger partial charge in [0.05, 0.1) is 18.7 Å². The number of hydrogen-bond acceptors (Lipinski definition) is 5. The van der Waals surface area contributed by atoms with Gasteiger partial charge in [-0.15, -0.1) is 0 Å². The van der Waals surface area contributed by atoms with E-state index in [9.17, 15) is 9.90 Å². The molecule has 0 bridgehead atoms. The lowest BCUT2D eigenvalue weighted by Crippen LogP contribution is -2.33. The van der Waals surface area contributed by atoms with Gasteiger partial charge in [-0.25, -0.2) is 4.98 Å². The van der Waals surface area contributed by atoms with Gasteiger partial charge in [0.15, 0.2) is 11.2 Å². The van der Waals surface area contributed by atoms with Crippen molar-refractivity contribution in [1.82, 2.24) is 19.1 Å². The molecule has 2 aromatic heterocycles. The number of nitrogens with one attached hydrogen (secondary N) is 1. The smallest absolute Gasteiger partial charge is 0.283 e. The molecule has 2 aromatic carbocycles. The fraction of sp³-hybridized carbons (Fsp3) is 0.346. The maximum atomic E-state index is 13.5. The Hall–Kier alpha value is -3.45. The minimum Gasteiger partial charge on any atom is -0.391 e. The number of aromatic nitrogens is 4. The molecule has 2 N–H and O–H groups in total. The largest absolute Gasteiger partial charge is 0.391 e. The van der Waals surface area contributed by atoms with Crippen LogP contribution in [0.1, 0.15) is 43.1 Å². The molecule has 1 aliphatic rings. The van der Waals surface area contributed by atoms with Crippen LogP contribution in [-0.4, -0.2) is 36.4 Å². The second kappa shape index (κ2) is 9.19. The molecule has 1 aliphatic carbocycles. The molecule has 0 radical (unpaired) electrons. The molecule has 0 spiro atoms. The van der Waals surface area contributed by atoms with Gasteiger partial charge >= 0.3 is 0 Å². The lowest BCUT2D eigenvalue weighted by atomic mass is 10.1. The minimum atomic E-state index is -0.425. The molecule has 7 nitrogen and oxygen atoms in total. The Bertz CT molecular complexity index is 1300. The van der Waals surface area contributed by atoms with E-state index in [2.05, 4.69) is 34.1 Å². The molecule has 0 amide bonds. The van der Waals surface area contributed by atoms with Gasteiger partial charge in [0.1, 0.15) is 5.82 Å². The van der Waals surface area contributed by atoms with Crippen molar-refractivity contribution in [2.75, 3.05) is 5.32 Å². The van der Waals surface area contributed by atoms with Crippen molar-refractivity contribution in [3.05, 3.63) is 88.0 Å². The summed E-state index contributed by atoms with van der Waals surface area (Å²) in [4.78, 5) is 23.1. The summed E-state index contributed by atoms with van der Waals surface area (Å²) in [6.07, 6.45) is 2.78. The molecular formula is C26H29N5O2. The first-order valence-electron chi connectivity index (χ1n) is 11.7. The first-order chi connectivity index (χ1) is 16.1. The molecule has 2 atom stereocenters. The highest BCUT2D eigenvalue weighted by Gasteiger charge is 2.27. The first-order valence-corrected chi connectivity index (χ1v) is 11.7.